The van der Waals surface area contributed by atoms with Gasteiger partial charge in [0.05, 0.1) is 0 Å². The van der Waals surface area contributed by atoms with Gasteiger partial charge in [-0.25, -0.2) is 0 Å². The number of pyridine rings is 1. The molecule has 2 aromatic heterocycles. The van der Waals surface area contributed by atoms with E-state index in [0.29, 0.717) is 11.6 Å². The van der Waals surface area contributed by atoms with E-state index in [-0.39, 0.29) is 5.91 Å². The molecule has 6 nitrogen and oxygen atoms in total. The van der Waals surface area contributed by atoms with Crippen LogP contribution in [-0.4, -0.2) is 57.1 Å². The van der Waals surface area contributed by atoms with E-state index in [9.17, 15) is 4.79 Å². The molecule has 0 bridgehead atoms. The van der Waals surface area contributed by atoms with Gasteiger partial charge in [-0.15, -0.1) is 0 Å². The van der Waals surface area contributed by atoms with Crippen LogP contribution < -0.4 is 0 Å². The zero-order chi connectivity index (χ0) is 15.6. The second-order valence-electron chi connectivity index (χ2n) is 6.41. The Morgan fingerprint density at radius 1 is 1.17 bits per heavy atom. The molecule has 0 radical (unpaired) electrons. The maximum Gasteiger partial charge on any atom is 0.274 e. The fraction of sp³-hybridized carbons (Fsp3) is 0.471. The maximum atomic E-state index is 12.5. The van der Waals surface area contributed by atoms with Gasteiger partial charge in [-0.3, -0.25) is 19.8 Å². The fourth-order valence-electron chi connectivity index (χ4n) is 3.07. The van der Waals surface area contributed by atoms with Gasteiger partial charge in [0.2, 0.25) is 0 Å². The first-order valence-corrected chi connectivity index (χ1v) is 8.25. The first-order chi connectivity index (χ1) is 11.3. The first-order valence-electron chi connectivity index (χ1n) is 8.25. The summed E-state index contributed by atoms with van der Waals surface area (Å²) < 4.78 is 0. The Kier molecular flexibility index (Phi) is 3.83. The standard InChI is InChI=1S/C17H21N5O/c23-17(16-11-15(19-20-16)14-1-2-14)22-9-7-21(8-10-22)12-13-3-5-18-6-4-13/h3-6,11,14H,1-2,7-10,12H2,(H,19,20). The molecule has 1 saturated carbocycles. The van der Waals surface area contributed by atoms with Crippen molar-refractivity contribution in [1.82, 2.24) is 25.0 Å². The minimum Gasteiger partial charge on any atom is -0.335 e. The van der Waals surface area contributed by atoms with E-state index in [1.165, 1.54) is 18.4 Å². The van der Waals surface area contributed by atoms with E-state index < -0.39 is 0 Å². The molecule has 4 rings (SSSR count). The minimum absolute atomic E-state index is 0.0525. The number of hydrogen-bond acceptors (Lipinski definition) is 4. The number of carbonyl (C=O) groups is 1. The van der Waals surface area contributed by atoms with Crippen LogP contribution in [0.15, 0.2) is 30.6 Å². The predicted molar refractivity (Wildman–Crippen MR) is 86.0 cm³/mol. The molecule has 6 heteroatoms. The summed E-state index contributed by atoms with van der Waals surface area (Å²) in [7, 11) is 0. The van der Waals surface area contributed by atoms with Crippen molar-refractivity contribution in [2.24, 2.45) is 0 Å². The topological polar surface area (TPSA) is 65.1 Å². The Hall–Kier alpha value is -2.21. The Bertz CT molecular complexity index is 671. The number of aromatic amines is 1. The molecule has 1 aliphatic heterocycles. The highest BCUT2D eigenvalue weighted by Crippen LogP contribution is 2.39. The second-order valence-corrected chi connectivity index (χ2v) is 6.41. The number of H-pyrrole nitrogens is 1. The molecule has 1 N–H and O–H groups in total. The lowest BCUT2D eigenvalue weighted by molar-refractivity contribution is 0.0622. The number of amides is 1. The van der Waals surface area contributed by atoms with Crippen molar-refractivity contribution in [1.29, 1.82) is 0 Å². The summed E-state index contributed by atoms with van der Waals surface area (Å²) in [5, 5.41) is 7.22. The van der Waals surface area contributed by atoms with Crippen LogP contribution in [-0.2, 0) is 6.54 Å². The van der Waals surface area contributed by atoms with Crippen LogP contribution in [0, 0.1) is 0 Å². The quantitative estimate of drug-likeness (QED) is 0.932. The molecule has 0 atom stereocenters. The van der Waals surface area contributed by atoms with Crippen molar-refractivity contribution in [3.8, 4) is 0 Å². The van der Waals surface area contributed by atoms with Crippen LogP contribution >= 0.6 is 0 Å². The highest BCUT2D eigenvalue weighted by atomic mass is 16.2. The van der Waals surface area contributed by atoms with Crippen molar-refractivity contribution in [3.63, 3.8) is 0 Å². The molecule has 1 aliphatic carbocycles. The van der Waals surface area contributed by atoms with Gasteiger partial charge in [0.15, 0.2) is 0 Å². The van der Waals surface area contributed by atoms with Crippen LogP contribution in [0.5, 0.6) is 0 Å². The van der Waals surface area contributed by atoms with Gasteiger partial charge in [-0.05, 0) is 36.6 Å². The lowest BCUT2D eigenvalue weighted by Crippen LogP contribution is -2.48. The molecular weight excluding hydrogens is 290 g/mol. The van der Waals surface area contributed by atoms with Crippen molar-refractivity contribution in [3.05, 3.63) is 47.5 Å². The summed E-state index contributed by atoms with van der Waals surface area (Å²) in [4.78, 5) is 20.9. The summed E-state index contributed by atoms with van der Waals surface area (Å²) in [5.41, 5.74) is 2.94. The zero-order valence-corrected chi connectivity index (χ0v) is 13.1. The monoisotopic (exact) mass is 311 g/mol. The Morgan fingerprint density at radius 2 is 1.91 bits per heavy atom. The highest BCUT2D eigenvalue weighted by molar-refractivity contribution is 5.92. The molecule has 0 unspecified atom stereocenters. The van der Waals surface area contributed by atoms with Crippen LogP contribution in [0.2, 0.25) is 0 Å². The molecule has 120 valence electrons. The van der Waals surface area contributed by atoms with E-state index in [4.69, 9.17) is 0 Å². The maximum absolute atomic E-state index is 12.5. The van der Waals surface area contributed by atoms with E-state index in [0.717, 1.165) is 38.4 Å². The largest absolute Gasteiger partial charge is 0.335 e. The fourth-order valence-corrected chi connectivity index (χ4v) is 3.07. The molecular formula is C17H21N5O. The number of piperazine rings is 1. The molecule has 0 aromatic carbocycles. The third-order valence-electron chi connectivity index (χ3n) is 4.65. The van der Waals surface area contributed by atoms with Gasteiger partial charge in [-0.1, -0.05) is 0 Å². The van der Waals surface area contributed by atoms with Crippen molar-refractivity contribution < 1.29 is 4.79 Å². The number of nitrogens with zero attached hydrogens (tertiary/aromatic N) is 4. The number of carbonyl (C=O) groups excluding carboxylic acids is 1. The Balaban J connectivity index is 1.32. The predicted octanol–water partition coefficient (Wildman–Crippen LogP) is 1.64. The third-order valence-corrected chi connectivity index (χ3v) is 4.65. The summed E-state index contributed by atoms with van der Waals surface area (Å²) >= 11 is 0. The molecule has 2 fully saturated rings. The second kappa shape index (κ2) is 6.12. The van der Waals surface area contributed by atoms with E-state index in [2.05, 4.69) is 20.1 Å². The molecule has 3 heterocycles. The summed E-state index contributed by atoms with van der Waals surface area (Å²) in [6, 6.07) is 6.02. The van der Waals surface area contributed by atoms with E-state index >= 15 is 0 Å². The number of hydrogen-bond donors (Lipinski definition) is 1. The molecule has 1 saturated heterocycles. The van der Waals surface area contributed by atoms with Crippen molar-refractivity contribution in [2.75, 3.05) is 26.2 Å². The van der Waals surface area contributed by atoms with Crippen LogP contribution in [0.25, 0.3) is 0 Å². The number of nitrogens with one attached hydrogen (secondary N) is 1. The highest BCUT2D eigenvalue weighted by Gasteiger charge is 2.28. The SMILES string of the molecule is O=C(c1cc(C2CC2)[nH]n1)N1CCN(Cc2ccncc2)CC1. The van der Waals surface area contributed by atoms with Crippen LogP contribution in [0.3, 0.4) is 0 Å². The summed E-state index contributed by atoms with van der Waals surface area (Å²) in [6.07, 6.45) is 6.07. The van der Waals surface area contributed by atoms with Crippen LogP contribution in [0.1, 0.15) is 40.5 Å². The number of aromatic nitrogens is 3. The molecule has 0 spiro atoms. The van der Waals surface area contributed by atoms with Gasteiger partial charge in [0.25, 0.3) is 5.91 Å². The summed E-state index contributed by atoms with van der Waals surface area (Å²) in [6.45, 7) is 4.23. The van der Waals surface area contributed by atoms with Crippen molar-refractivity contribution in [2.45, 2.75) is 25.3 Å². The third kappa shape index (κ3) is 3.27. The van der Waals surface area contributed by atoms with Gasteiger partial charge < -0.3 is 4.90 Å². The lowest BCUT2D eigenvalue weighted by Gasteiger charge is -2.34. The zero-order valence-electron chi connectivity index (χ0n) is 13.1. The van der Waals surface area contributed by atoms with Crippen LogP contribution in [0.4, 0.5) is 0 Å². The van der Waals surface area contributed by atoms with Crippen molar-refractivity contribution >= 4 is 5.91 Å². The average molecular weight is 311 g/mol. The summed E-state index contributed by atoms with van der Waals surface area (Å²) in [5.74, 6) is 0.651. The van der Waals surface area contributed by atoms with E-state index in [1.54, 1.807) is 0 Å². The van der Waals surface area contributed by atoms with Gasteiger partial charge >= 0.3 is 0 Å². The molecule has 1 amide bonds. The molecule has 23 heavy (non-hydrogen) atoms. The normalized spacial score (nSPS) is 19.0. The van der Waals surface area contributed by atoms with E-state index in [1.807, 2.05) is 35.5 Å². The lowest BCUT2D eigenvalue weighted by atomic mass is 10.2. The van der Waals surface area contributed by atoms with Gasteiger partial charge in [0.1, 0.15) is 5.69 Å². The Morgan fingerprint density at radius 3 is 2.61 bits per heavy atom. The number of rotatable bonds is 4. The average Bonchev–Trinajstić information content (AvgIpc) is 3.33. The van der Waals surface area contributed by atoms with Gasteiger partial charge in [0, 0.05) is 56.7 Å². The Labute approximate surface area is 135 Å². The smallest absolute Gasteiger partial charge is 0.274 e. The molecule has 2 aromatic rings. The minimum atomic E-state index is 0.0525. The first kappa shape index (κ1) is 14.4. The van der Waals surface area contributed by atoms with Gasteiger partial charge in [-0.2, -0.15) is 5.10 Å². The molecule has 2 aliphatic rings.